The summed E-state index contributed by atoms with van der Waals surface area (Å²) < 4.78 is 18.3. The summed E-state index contributed by atoms with van der Waals surface area (Å²) >= 11 is 0. The molecule has 1 heterocycles. The summed E-state index contributed by atoms with van der Waals surface area (Å²) in [6.07, 6.45) is 1.23. The first kappa shape index (κ1) is 9.45. The second-order valence-electron chi connectivity index (χ2n) is 2.89. The van der Waals surface area contributed by atoms with Crippen LogP contribution in [-0.4, -0.2) is 10.1 Å². The molecular formula is C11H8FNO2. The van der Waals surface area contributed by atoms with Gasteiger partial charge < -0.3 is 9.84 Å². The van der Waals surface area contributed by atoms with Gasteiger partial charge in [0.15, 0.2) is 11.6 Å². The van der Waals surface area contributed by atoms with Crippen LogP contribution in [0.2, 0.25) is 0 Å². The molecule has 2 aromatic rings. The molecule has 15 heavy (non-hydrogen) atoms. The summed E-state index contributed by atoms with van der Waals surface area (Å²) in [6, 6.07) is 8.93. The van der Waals surface area contributed by atoms with Crippen LogP contribution in [0.5, 0.6) is 17.4 Å². The predicted octanol–water partition coefficient (Wildman–Crippen LogP) is 2.72. The average Bonchev–Trinajstić information content (AvgIpc) is 2.25. The van der Waals surface area contributed by atoms with Crippen molar-refractivity contribution in [2.24, 2.45) is 0 Å². The van der Waals surface area contributed by atoms with Crippen molar-refractivity contribution in [3.63, 3.8) is 0 Å². The summed E-state index contributed by atoms with van der Waals surface area (Å²) in [7, 11) is 0. The van der Waals surface area contributed by atoms with E-state index in [1.807, 2.05) is 0 Å². The summed E-state index contributed by atoms with van der Waals surface area (Å²) in [5.41, 5.74) is 0. The van der Waals surface area contributed by atoms with Gasteiger partial charge in [-0.1, -0.05) is 12.1 Å². The number of aromatic nitrogens is 1. The standard InChI is InChI=1S/C11H8FNO2/c12-9-3-1-2-4-10(9)15-11-6-5-8(14)7-13-11/h1-7,14H. The number of aromatic hydroxyl groups is 1. The Morgan fingerprint density at radius 3 is 2.60 bits per heavy atom. The first-order valence-electron chi connectivity index (χ1n) is 4.33. The minimum atomic E-state index is -0.452. The molecule has 3 nitrogen and oxygen atoms in total. The Bertz CT molecular complexity index is 456. The number of hydrogen-bond donors (Lipinski definition) is 1. The van der Waals surface area contributed by atoms with Gasteiger partial charge in [-0.15, -0.1) is 0 Å². The normalized spacial score (nSPS) is 9.93. The fourth-order valence-electron chi connectivity index (χ4n) is 1.07. The zero-order valence-corrected chi connectivity index (χ0v) is 7.72. The minimum Gasteiger partial charge on any atom is -0.506 e. The minimum absolute atomic E-state index is 0.0379. The van der Waals surface area contributed by atoms with E-state index in [0.29, 0.717) is 0 Å². The molecule has 1 aromatic carbocycles. The zero-order valence-electron chi connectivity index (χ0n) is 7.72. The van der Waals surface area contributed by atoms with Crippen molar-refractivity contribution >= 4 is 0 Å². The third kappa shape index (κ3) is 2.22. The summed E-state index contributed by atoms with van der Waals surface area (Å²) in [6.45, 7) is 0. The lowest BCUT2D eigenvalue weighted by Crippen LogP contribution is -1.89. The Labute approximate surface area is 85.8 Å². The van der Waals surface area contributed by atoms with Gasteiger partial charge in [0.1, 0.15) is 5.75 Å². The molecule has 0 aliphatic rings. The number of para-hydroxylation sites is 1. The van der Waals surface area contributed by atoms with E-state index in [4.69, 9.17) is 9.84 Å². The van der Waals surface area contributed by atoms with Gasteiger partial charge in [0.25, 0.3) is 0 Å². The van der Waals surface area contributed by atoms with E-state index < -0.39 is 5.82 Å². The van der Waals surface area contributed by atoms with Crippen LogP contribution in [0.1, 0.15) is 0 Å². The van der Waals surface area contributed by atoms with Gasteiger partial charge in [-0.2, -0.15) is 0 Å². The molecule has 0 aliphatic carbocycles. The van der Waals surface area contributed by atoms with E-state index in [-0.39, 0.29) is 17.4 Å². The van der Waals surface area contributed by atoms with Gasteiger partial charge in [-0.25, -0.2) is 9.37 Å². The summed E-state index contributed by atoms with van der Waals surface area (Å²) in [5.74, 6) is -0.0724. The third-order valence-corrected chi connectivity index (χ3v) is 1.77. The van der Waals surface area contributed by atoms with Crippen LogP contribution < -0.4 is 4.74 Å². The van der Waals surface area contributed by atoms with Crippen molar-refractivity contribution in [2.75, 3.05) is 0 Å². The third-order valence-electron chi connectivity index (χ3n) is 1.77. The number of hydrogen-bond acceptors (Lipinski definition) is 3. The molecule has 0 spiro atoms. The number of pyridine rings is 1. The lowest BCUT2D eigenvalue weighted by atomic mass is 10.3. The molecule has 1 aromatic heterocycles. The zero-order chi connectivity index (χ0) is 10.7. The first-order chi connectivity index (χ1) is 7.25. The van der Waals surface area contributed by atoms with Crippen LogP contribution in [0.15, 0.2) is 42.6 Å². The molecule has 0 amide bonds. The highest BCUT2D eigenvalue weighted by molar-refractivity contribution is 5.29. The molecule has 76 valence electrons. The summed E-state index contributed by atoms with van der Waals surface area (Å²) in [5, 5.41) is 8.99. The van der Waals surface area contributed by atoms with Crippen molar-refractivity contribution in [1.82, 2.24) is 4.98 Å². The van der Waals surface area contributed by atoms with Crippen molar-refractivity contribution in [2.45, 2.75) is 0 Å². The molecule has 0 aliphatic heterocycles. The van der Waals surface area contributed by atoms with Crippen LogP contribution in [0.4, 0.5) is 4.39 Å². The fourth-order valence-corrected chi connectivity index (χ4v) is 1.07. The largest absolute Gasteiger partial charge is 0.506 e. The Kier molecular flexibility index (Phi) is 2.49. The number of rotatable bonds is 2. The van der Waals surface area contributed by atoms with E-state index in [0.717, 1.165) is 0 Å². The maximum Gasteiger partial charge on any atom is 0.219 e. The van der Waals surface area contributed by atoms with Gasteiger partial charge in [0, 0.05) is 6.07 Å². The SMILES string of the molecule is Oc1ccc(Oc2ccccc2F)nc1. The van der Waals surface area contributed by atoms with Gasteiger partial charge in [0.2, 0.25) is 5.88 Å². The number of ether oxygens (including phenoxy) is 1. The van der Waals surface area contributed by atoms with E-state index in [9.17, 15) is 4.39 Å². The van der Waals surface area contributed by atoms with Crippen LogP contribution >= 0.6 is 0 Å². The Balaban J connectivity index is 2.22. The molecule has 0 saturated carbocycles. The van der Waals surface area contributed by atoms with Crippen molar-refractivity contribution in [3.05, 3.63) is 48.4 Å². The quantitative estimate of drug-likeness (QED) is 0.819. The van der Waals surface area contributed by atoms with Crippen molar-refractivity contribution in [3.8, 4) is 17.4 Å². The Morgan fingerprint density at radius 1 is 1.13 bits per heavy atom. The van der Waals surface area contributed by atoms with Crippen LogP contribution in [-0.2, 0) is 0 Å². The first-order valence-corrected chi connectivity index (χ1v) is 4.33. The van der Waals surface area contributed by atoms with Gasteiger partial charge in [-0.05, 0) is 18.2 Å². The van der Waals surface area contributed by atoms with Gasteiger partial charge in [-0.3, -0.25) is 0 Å². The van der Waals surface area contributed by atoms with Crippen LogP contribution in [0, 0.1) is 5.82 Å². The maximum absolute atomic E-state index is 13.2. The number of halogens is 1. The molecular weight excluding hydrogens is 197 g/mol. The lowest BCUT2D eigenvalue weighted by molar-refractivity contribution is 0.422. The lowest BCUT2D eigenvalue weighted by Gasteiger charge is -2.04. The van der Waals surface area contributed by atoms with E-state index in [1.54, 1.807) is 12.1 Å². The Morgan fingerprint density at radius 2 is 1.93 bits per heavy atom. The molecule has 0 bridgehead atoms. The molecule has 1 N–H and O–H groups in total. The van der Waals surface area contributed by atoms with E-state index >= 15 is 0 Å². The fraction of sp³-hybridized carbons (Fsp3) is 0. The molecule has 0 unspecified atom stereocenters. The molecule has 2 rings (SSSR count). The van der Waals surface area contributed by atoms with Crippen molar-refractivity contribution in [1.29, 1.82) is 0 Å². The molecule has 0 fully saturated rings. The monoisotopic (exact) mass is 205 g/mol. The number of benzene rings is 1. The second kappa shape index (κ2) is 3.96. The van der Waals surface area contributed by atoms with E-state index in [1.165, 1.54) is 30.5 Å². The van der Waals surface area contributed by atoms with Gasteiger partial charge >= 0.3 is 0 Å². The molecule has 0 radical (unpaired) electrons. The highest BCUT2D eigenvalue weighted by atomic mass is 19.1. The Hall–Kier alpha value is -2.10. The highest BCUT2D eigenvalue weighted by Crippen LogP contribution is 2.22. The number of nitrogens with zero attached hydrogens (tertiary/aromatic N) is 1. The predicted molar refractivity (Wildman–Crippen MR) is 52.4 cm³/mol. The van der Waals surface area contributed by atoms with Gasteiger partial charge in [0.05, 0.1) is 6.20 Å². The second-order valence-corrected chi connectivity index (χ2v) is 2.89. The smallest absolute Gasteiger partial charge is 0.219 e. The molecule has 0 atom stereocenters. The van der Waals surface area contributed by atoms with Crippen LogP contribution in [0.25, 0.3) is 0 Å². The topological polar surface area (TPSA) is 42.4 Å². The molecule has 4 heteroatoms. The molecule has 0 saturated heterocycles. The highest BCUT2D eigenvalue weighted by Gasteiger charge is 2.03. The average molecular weight is 205 g/mol. The van der Waals surface area contributed by atoms with Crippen LogP contribution in [0.3, 0.4) is 0 Å². The van der Waals surface area contributed by atoms with E-state index in [2.05, 4.69) is 4.98 Å². The van der Waals surface area contributed by atoms with Crippen molar-refractivity contribution < 1.29 is 14.2 Å². The summed E-state index contributed by atoms with van der Waals surface area (Å²) in [4.78, 5) is 3.78. The maximum atomic E-state index is 13.2.